The second-order valence-electron chi connectivity index (χ2n) is 8.31. The molecule has 0 saturated carbocycles. The number of amides is 1. The number of nitrogens with zero attached hydrogens (tertiary/aromatic N) is 4. The van der Waals surface area contributed by atoms with Gasteiger partial charge in [-0.2, -0.15) is 18.3 Å². The van der Waals surface area contributed by atoms with Crippen molar-refractivity contribution in [2.24, 2.45) is 0 Å². The van der Waals surface area contributed by atoms with E-state index in [4.69, 9.17) is 0 Å². The largest absolute Gasteiger partial charge is 0.433 e. The van der Waals surface area contributed by atoms with Gasteiger partial charge in [0.1, 0.15) is 0 Å². The number of hydrogen-bond acceptors (Lipinski definition) is 6. The van der Waals surface area contributed by atoms with Crippen LogP contribution in [0.4, 0.5) is 24.5 Å². The van der Waals surface area contributed by atoms with E-state index in [0.717, 1.165) is 32.0 Å². The van der Waals surface area contributed by atoms with E-state index in [0.29, 0.717) is 15.0 Å². The number of carbonyl (C=O) groups is 1. The third-order valence-corrected chi connectivity index (χ3v) is 7.54. The first-order valence-corrected chi connectivity index (χ1v) is 13.6. The summed E-state index contributed by atoms with van der Waals surface area (Å²) < 4.78 is 44.0. The van der Waals surface area contributed by atoms with Crippen molar-refractivity contribution < 1.29 is 22.9 Å². The molecule has 0 bridgehead atoms. The lowest BCUT2D eigenvalue weighted by Crippen LogP contribution is -2.16. The number of aromatic nitrogens is 3. The van der Waals surface area contributed by atoms with Crippen molar-refractivity contribution in [3.63, 3.8) is 0 Å². The fourth-order valence-corrected chi connectivity index (χ4v) is 5.15. The Hall–Kier alpha value is -3.75. The molecule has 8 nitrogen and oxygen atoms in total. The van der Waals surface area contributed by atoms with Gasteiger partial charge in [-0.05, 0) is 48.5 Å². The maximum atomic E-state index is 13.9. The predicted octanol–water partition coefficient (Wildman–Crippen LogP) is 8.25. The van der Waals surface area contributed by atoms with Crippen molar-refractivity contribution in [1.29, 1.82) is 0 Å². The van der Waals surface area contributed by atoms with Crippen LogP contribution in [0.15, 0.2) is 97.6 Å². The van der Waals surface area contributed by atoms with E-state index in [1.54, 1.807) is 24.3 Å². The second kappa shape index (κ2) is 11.0. The Kier molecular flexibility index (Phi) is 7.66. The highest BCUT2D eigenvalue weighted by Gasteiger charge is 2.35. The number of non-ortho nitro benzene ring substituents is 1. The summed E-state index contributed by atoms with van der Waals surface area (Å²) in [5.41, 5.74) is -1.35. The quantitative estimate of drug-likeness (QED) is 0.142. The number of benzene rings is 3. The molecule has 14 heteroatoms. The van der Waals surface area contributed by atoms with Crippen LogP contribution in [0.1, 0.15) is 16.2 Å². The molecule has 0 radical (unpaired) electrons. The molecule has 0 spiro atoms. The van der Waals surface area contributed by atoms with Crippen LogP contribution in [0, 0.1) is 10.1 Å². The summed E-state index contributed by atoms with van der Waals surface area (Å²) in [4.78, 5) is 29.5. The minimum absolute atomic E-state index is 0.0486. The van der Waals surface area contributed by atoms with Crippen LogP contribution in [-0.4, -0.2) is 25.4 Å². The first-order valence-electron chi connectivity index (χ1n) is 11.2. The second-order valence-corrected chi connectivity index (χ2v) is 11.3. The molecule has 0 aliphatic heterocycles. The number of hydrogen-bond donors (Lipinski definition) is 1. The summed E-state index contributed by atoms with van der Waals surface area (Å²) in [5.74, 6) is -0.857. The lowest BCUT2D eigenvalue weighted by atomic mass is 10.1. The standard InChI is InChI=1S/C26H14Br2F3N5O3S/c27-15-3-1-14(2-4-15)21-12-23(26(29,30)31)35-24(33-21)13-22(34-35)25(37)32-17-9-18(36(38)39)11-20(10-17)40-19-7-5-16(28)6-8-19/h1-13H,(H,32,37). The van der Waals surface area contributed by atoms with Gasteiger partial charge in [0, 0.05) is 48.2 Å². The first-order chi connectivity index (χ1) is 19.0. The van der Waals surface area contributed by atoms with Gasteiger partial charge in [0.2, 0.25) is 0 Å². The van der Waals surface area contributed by atoms with Crippen LogP contribution in [0.3, 0.4) is 0 Å². The van der Waals surface area contributed by atoms with Crippen LogP contribution in [0.2, 0.25) is 0 Å². The molecular formula is C26H14Br2F3N5O3S. The summed E-state index contributed by atoms with van der Waals surface area (Å²) >= 11 is 7.87. The summed E-state index contributed by atoms with van der Waals surface area (Å²) in [6.07, 6.45) is -4.79. The molecule has 2 heterocycles. The highest BCUT2D eigenvalue weighted by Crippen LogP contribution is 2.35. The maximum Gasteiger partial charge on any atom is 0.433 e. The molecule has 3 aromatic carbocycles. The number of anilines is 1. The molecule has 0 aliphatic rings. The van der Waals surface area contributed by atoms with Crippen molar-refractivity contribution in [1.82, 2.24) is 14.6 Å². The number of rotatable bonds is 6. The summed E-state index contributed by atoms with van der Waals surface area (Å²) in [6.45, 7) is 0. The predicted molar refractivity (Wildman–Crippen MR) is 150 cm³/mol. The monoisotopic (exact) mass is 691 g/mol. The minimum atomic E-state index is -4.79. The molecule has 0 saturated heterocycles. The van der Waals surface area contributed by atoms with Gasteiger partial charge in [-0.1, -0.05) is 55.8 Å². The third-order valence-electron chi connectivity index (χ3n) is 5.50. The number of nitro benzene ring substituents is 1. The number of fused-ring (bicyclic) bond motifs is 1. The van der Waals surface area contributed by atoms with E-state index in [1.165, 1.54) is 23.9 Å². The minimum Gasteiger partial charge on any atom is -0.320 e. The molecule has 202 valence electrons. The molecule has 0 unspecified atom stereocenters. The van der Waals surface area contributed by atoms with Gasteiger partial charge in [0.25, 0.3) is 11.6 Å². The van der Waals surface area contributed by atoms with E-state index in [1.807, 2.05) is 24.3 Å². The molecule has 5 aromatic rings. The molecule has 1 N–H and O–H groups in total. The van der Waals surface area contributed by atoms with Crippen molar-refractivity contribution in [2.75, 3.05) is 5.32 Å². The smallest absolute Gasteiger partial charge is 0.320 e. The molecule has 0 atom stereocenters. The molecular weight excluding hydrogens is 679 g/mol. The van der Waals surface area contributed by atoms with Crippen molar-refractivity contribution in [2.45, 2.75) is 16.0 Å². The Labute approximate surface area is 245 Å². The van der Waals surface area contributed by atoms with E-state index in [2.05, 4.69) is 47.3 Å². The zero-order chi connectivity index (χ0) is 28.6. The van der Waals surface area contributed by atoms with E-state index in [-0.39, 0.29) is 28.4 Å². The topological polar surface area (TPSA) is 102 Å². The Morgan fingerprint density at radius 3 is 2.20 bits per heavy atom. The number of alkyl halides is 3. The Morgan fingerprint density at radius 1 is 0.925 bits per heavy atom. The fourth-order valence-electron chi connectivity index (χ4n) is 3.71. The van der Waals surface area contributed by atoms with Crippen molar-refractivity contribution in [3.8, 4) is 11.3 Å². The van der Waals surface area contributed by atoms with Crippen molar-refractivity contribution in [3.05, 3.63) is 109 Å². The molecule has 2 aromatic heterocycles. The molecule has 5 rings (SSSR count). The number of nitrogens with one attached hydrogen (secondary N) is 1. The summed E-state index contributed by atoms with van der Waals surface area (Å²) in [7, 11) is 0. The molecule has 1 amide bonds. The Bertz CT molecular complexity index is 1760. The number of halogens is 5. The van der Waals surface area contributed by atoms with E-state index < -0.39 is 22.7 Å². The van der Waals surface area contributed by atoms with Crippen LogP contribution < -0.4 is 5.32 Å². The van der Waals surface area contributed by atoms with Gasteiger partial charge in [0.05, 0.1) is 10.6 Å². The Morgan fingerprint density at radius 2 is 1.57 bits per heavy atom. The van der Waals surface area contributed by atoms with Gasteiger partial charge in [-0.25, -0.2) is 9.50 Å². The number of nitro groups is 1. The average molecular weight is 693 g/mol. The third kappa shape index (κ3) is 6.18. The van der Waals surface area contributed by atoms with Gasteiger partial charge in [-0.3, -0.25) is 14.9 Å². The molecule has 0 fully saturated rings. The van der Waals surface area contributed by atoms with Crippen LogP contribution in [0.5, 0.6) is 0 Å². The fraction of sp³-hybridized carbons (Fsp3) is 0.0385. The normalized spacial score (nSPS) is 11.5. The van der Waals surface area contributed by atoms with Gasteiger partial charge >= 0.3 is 6.18 Å². The average Bonchev–Trinajstić information content (AvgIpc) is 3.33. The van der Waals surface area contributed by atoms with E-state index in [9.17, 15) is 28.1 Å². The molecule has 40 heavy (non-hydrogen) atoms. The van der Waals surface area contributed by atoms with Crippen molar-refractivity contribution >= 4 is 66.6 Å². The lowest BCUT2D eigenvalue weighted by molar-refractivity contribution is -0.385. The SMILES string of the molecule is O=C(Nc1cc(Sc2ccc(Br)cc2)cc([N+](=O)[O-])c1)c1cc2nc(-c3ccc(Br)cc3)cc(C(F)(F)F)n2n1. The Balaban J connectivity index is 1.49. The van der Waals surface area contributed by atoms with Gasteiger partial charge in [-0.15, -0.1) is 0 Å². The highest BCUT2D eigenvalue weighted by molar-refractivity contribution is 9.10. The van der Waals surface area contributed by atoms with Crippen LogP contribution in [-0.2, 0) is 6.18 Å². The van der Waals surface area contributed by atoms with Crippen LogP contribution in [0.25, 0.3) is 16.9 Å². The van der Waals surface area contributed by atoms with E-state index >= 15 is 0 Å². The lowest BCUT2D eigenvalue weighted by Gasteiger charge is -2.11. The maximum absolute atomic E-state index is 13.9. The summed E-state index contributed by atoms with van der Waals surface area (Å²) in [5, 5.41) is 17.9. The number of carbonyl (C=O) groups excluding carboxylic acids is 1. The zero-order valence-corrected chi connectivity index (χ0v) is 23.8. The highest BCUT2D eigenvalue weighted by atomic mass is 79.9. The first kappa shape index (κ1) is 27.8. The van der Waals surface area contributed by atoms with Gasteiger partial charge < -0.3 is 5.32 Å². The van der Waals surface area contributed by atoms with Crippen LogP contribution >= 0.6 is 43.6 Å². The molecule has 0 aliphatic carbocycles. The van der Waals surface area contributed by atoms with Gasteiger partial charge in [0.15, 0.2) is 17.0 Å². The summed E-state index contributed by atoms with van der Waals surface area (Å²) in [6, 6.07) is 19.9. The zero-order valence-electron chi connectivity index (χ0n) is 19.8.